The molecule has 3 aliphatic rings. The van der Waals surface area contributed by atoms with Gasteiger partial charge in [-0.25, -0.2) is 0 Å². The molecule has 4 bridgehead atoms. The van der Waals surface area contributed by atoms with Crippen LogP contribution in [0.1, 0.15) is 59.8 Å². The van der Waals surface area contributed by atoms with Crippen molar-refractivity contribution in [1.82, 2.24) is 4.90 Å². The lowest BCUT2D eigenvalue weighted by Crippen LogP contribution is -2.57. The van der Waals surface area contributed by atoms with Gasteiger partial charge in [0.05, 0.1) is 23.8 Å². The lowest BCUT2D eigenvalue weighted by atomic mass is 9.78. The maximum atomic E-state index is 9.73. The summed E-state index contributed by atoms with van der Waals surface area (Å²) in [6.45, 7) is 9.17. The molecule has 0 N–H and O–H groups in total. The van der Waals surface area contributed by atoms with Crippen LogP contribution in [0, 0.1) is 17.2 Å². The third-order valence-corrected chi connectivity index (χ3v) is 11.9. The number of piperidine rings is 1. The predicted molar refractivity (Wildman–Crippen MR) is 101 cm³/mol. The quantitative estimate of drug-likeness (QED) is 0.488. The van der Waals surface area contributed by atoms with Crippen LogP contribution in [0.5, 0.6) is 0 Å². The fraction of sp³-hybridized carbons (Fsp3) is 0.850. The minimum Gasteiger partial charge on any atom is -0.412 e. The third-order valence-electron chi connectivity index (χ3n) is 7.28. The van der Waals surface area contributed by atoms with Crippen molar-refractivity contribution in [2.24, 2.45) is 5.92 Å². The maximum Gasteiger partial charge on any atom is 0.192 e. The van der Waals surface area contributed by atoms with Crippen LogP contribution in [0.25, 0.3) is 0 Å². The van der Waals surface area contributed by atoms with E-state index in [4.69, 9.17) is 4.43 Å². The summed E-state index contributed by atoms with van der Waals surface area (Å²) >= 11 is 0. The summed E-state index contributed by atoms with van der Waals surface area (Å²) in [4.78, 5) is 2.58. The lowest BCUT2D eigenvalue weighted by Gasteiger charge is -2.46. The van der Waals surface area contributed by atoms with E-state index in [9.17, 15) is 5.26 Å². The molecule has 24 heavy (non-hydrogen) atoms. The number of nitrogens with zero attached hydrogens (tertiary/aromatic N) is 2. The molecule has 3 heterocycles. The molecule has 3 saturated heterocycles. The number of hydrogen-bond acceptors (Lipinski definition) is 3. The van der Waals surface area contributed by atoms with E-state index in [0.717, 1.165) is 19.3 Å². The molecular formula is C20H34N2OSi. The topological polar surface area (TPSA) is 36.3 Å². The van der Waals surface area contributed by atoms with Crippen LogP contribution in [-0.4, -0.2) is 36.9 Å². The summed E-state index contributed by atoms with van der Waals surface area (Å²) in [5.74, 6) is 0.603. The average Bonchev–Trinajstić information content (AvgIpc) is 2.95. The minimum absolute atomic E-state index is 0.0110. The predicted octanol–water partition coefficient (Wildman–Crippen LogP) is 4.86. The molecule has 0 saturated carbocycles. The zero-order valence-corrected chi connectivity index (χ0v) is 16.9. The molecule has 0 spiro atoms. The van der Waals surface area contributed by atoms with Crippen molar-refractivity contribution in [3.05, 3.63) is 12.2 Å². The van der Waals surface area contributed by atoms with Gasteiger partial charge in [0.2, 0.25) is 0 Å². The number of rotatable bonds is 7. The molecule has 134 valence electrons. The van der Waals surface area contributed by atoms with Gasteiger partial charge >= 0.3 is 0 Å². The van der Waals surface area contributed by atoms with Crippen molar-refractivity contribution in [2.75, 3.05) is 0 Å². The molecule has 0 aromatic heterocycles. The van der Waals surface area contributed by atoms with E-state index in [-0.39, 0.29) is 11.6 Å². The summed E-state index contributed by atoms with van der Waals surface area (Å²) in [7, 11) is -1.64. The average molecular weight is 347 g/mol. The molecule has 6 atom stereocenters. The van der Waals surface area contributed by atoms with Crippen LogP contribution in [0.2, 0.25) is 18.1 Å². The molecule has 6 unspecified atom stereocenters. The summed E-state index contributed by atoms with van der Waals surface area (Å²) in [5, 5.41) is 9.73. The fourth-order valence-electron chi connectivity index (χ4n) is 5.80. The Morgan fingerprint density at radius 1 is 1.17 bits per heavy atom. The van der Waals surface area contributed by atoms with E-state index < -0.39 is 8.32 Å². The Balaban J connectivity index is 1.99. The maximum absolute atomic E-state index is 9.73. The molecule has 0 aromatic rings. The highest BCUT2D eigenvalue weighted by molar-refractivity contribution is 6.73. The van der Waals surface area contributed by atoms with Gasteiger partial charge in [-0.15, -0.1) is 0 Å². The van der Waals surface area contributed by atoms with Crippen LogP contribution in [0.3, 0.4) is 0 Å². The van der Waals surface area contributed by atoms with Gasteiger partial charge in [-0.05, 0) is 56.2 Å². The van der Waals surface area contributed by atoms with E-state index in [0.29, 0.717) is 18.1 Å². The smallest absolute Gasteiger partial charge is 0.192 e. The zero-order valence-electron chi connectivity index (χ0n) is 15.9. The molecule has 4 heteroatoms. The van der Waals surface area contributed by atoms with Gasteiger partial charge in [0.1, 0.15) is 0 Å². The number of hydrogen-bond donors (Lipinski definition) is 0. The van der Waals surface area contributed by atoms with Crippen molar-refractivity contribution >= 4 is 8.32 Å². The molecule has 0 aromatic carbocycles. The second kappa shape index (κ2) is 6.94. The SMILES string of the molecule is CC/C=C/C12C3CCC(CC1O[Si](CC)(CC)CC)N2C(C#N)C3. The van der Waals surface area contributed by atoms with E-state index in [2.05, 4.69) is 50.8 Å². The first-order chi connectivity index (χ1) is 11.6. The van der Waals surface area contributed by atoms with Crippen LogP contribution < -0.4 is 0 Å². The Labute approximate surface area is 149 Å². The van der Waals surface area contributed by atoms with Crippen LogP contribution in [-0.2, 0) is 4.43 Å². The van der Waals surface area contributed by atoms with Crippen LogP contribution >= 0.6 is 0 Å². The van der Waals surface area contributed by atoms with Gasteiger partial charge in [-0.1, -0.05) is 39.8 Å². The van der Waals surface area contributed by atoms with Crippen molar-refractivity contribution in [2.45, 2.75) is 102 Å². The summed E-state index contributed by atoms with van der Waals surface area (Å²) < 4.78 is 7.07. The molecule has 0 radical (unpaired) electrons. The standard InChI is InChI=1S/C20H34N2OSi/c1-5-9-12-20-16-10-11-17(22(20)18(13-16)15-21)14-19(20)23-24(6-2,7-3)8-4/h9,12,16-19H,5-8,10-11,13-14H2,1-4H3/b12-9+. The summed E-state index contributed by atoms with van der Waals surface area (Å²) in [6, 6.07) is 6.89. The second-order valence-corrected chi connectivity index (χ2v) is 12.7. The van der Waals surface area contributed by atoms with Crippen molar-refractivity contribution in [1.29, 1.82) is 5.26 Å². The highest BCUT2D eigenvalue weighted by atomic mass is 28.4. The Bertz CT molecular complexity index is 516. The largest absolute Gasteiger partial charge is 0.412 e. The van der Waals surface area contributed by atoms with Gasteiger partial charge in [0.15, 0.2) is 8.32 Å². The number of allylic oxidation sites excluding steroid dienone is 1. The van der Waals surface area contributed by atoms with Crippen LogP contribution in [0.4, 0.5) is 0 Å². The Morgan fingerprint density at radius 2 is 1.88 bits per heavy atom. The third kappa shape index (κ3) is 2.51. The van der Waals surface area contributed by atoms with Crippen molar-refractivity contribution in [3.8, 4) is 6.07 Å². The van der Waals surface area contributed by atoms with Crippen molar-refractivity contribution < 1.29 is 4.43 Å². The molecular weight excluding hydrogens is 312 g/mol. The Morgan fingerprint density at radius 3 is 2.46 bits per heavy atom. The van der Waals surface area contributed by atoms with Gasteiger partial charge < -0.3 is 4.43 Å². The fourth-order valence-corrected chi connectivity index (χ4v) is 8.69. The molecule has 3 fully saturated rings. The van der Waals surface area contributed by atoms with E-state index >= 15 is 0 Å². The monoisotopic (exact) mass is 346 g/mol. The second-order valence-electron chi connectivity index (χ2n) is 8.00. The van der Waals surface area contributed by atoms with Gasteiger partial charge in [-0.3, -0.25) is 4.90 Å². The normalized spacial score (nSPS) is 41.0. The van der Waals surface area contributed by atoms with Crippen LogP contribution in [0.15, 0.2) is 12.2 Å². The first-order valence-electron chi connectivity index (χ1n) is 10.1. The summed E-state index contributed by atoms with van der Waals surface area (Å²) in [5.41, 5.74) is 0.0110. The molecule has 0 amide bonds. The summed E-state index contributed by atoms with van der Waals surface area (Å²) in [6.07, 6.45) is 10.9. The Hall–Kier alpha value is -0.633. The lowest BCUT2D eigenvalue weighted by molar-refractivity contribution is 0.0348. The Kier molecular flexibility index (Phi) is 5.25. The minimum atomic E-state index is -1.64. The highest BCUT2D eigenvalue weighted by Gasteiger charge is 2.66. The zero-order chi connectivity index (χ0) is 17.4. The van der Waals surface area contributed by atoms with E-state index in [1.54, 1.807) is 0 Å². The van der Waals surface area contributed by atoms with E-state index in [1.165, 1.54) is 31.0 Å². The van der Waals surface area contributed by atoms with Gasteiger partial charge in [-0.2, -0.15) is 5.26 Å². The molecule has 3 aliphatic heterocycles. The van der Waals surface area contributed by atoms with Crippen molar-refractivity contribution in [3.63, 3.8) is 0 Å². The van der Waals surface area contributed by atoms with Gasteiger partial charge in [0, 0.05) is 6.04 Å². The van der Waals surface area contributed by atoms with Gasteiger partial charge in [0.25, 0.3) is 0 Å². The number of nitriles is 1. The van der Waals surface area contributed by atoms with E-state index in [1.807, 2.05) is 0 Å². The molecule has 0 aliphatic carbocycles. The first kappa shape index (κ1) is 18.2. The highest BCUT2D eigenvalue weighted by Crippen LogP contribution is 2.58. The molecule has 3 rings (SSSR count). The molecule has 3 nitrogen and oxygen atoms in total. The first-order valence-corrected chi connectivity index (χ1v) is 12.7.